The third-order valence-electron chi connectivity index (χ3n) is 6.81. The summed E-state index contributed by atoms with van der Waals surface area (Å²) in [6.45, 7) is 3.08. The molecule has 0 unspecified atom stereocenters. The van der Waals surface area contributed by atoms with Crippen LogP contribution in [0, 0.1) is 0 Å². The van der Waals surface area contributed by atoms with Crippen LogP contribution in [-0.4, -0.2) is 66.1 Å². The first kappa shape index (κ1) is 26.2. The molecular weight excluding hydrogens is 492 g/mol. The van der Waals surface area contributed by atoms with Crippen LogP contribution in [0.3, 0.4) is 0 Å². The zero-order valence-corrected chi connectivity index (χ0v) is 22.2. The summed E-state index contributed by atoms with van der Waals surface area (Å²) in [6, 6.07) is 30.1. The number of hydrogen-bond acceptors (Lipinski definition) is 7. The molecule has 8 heteroatoms. The van der Waals surface area contributed by atoms with Crippen molar-refractivity contribution in [3.63, 3.8) is 0 Å². The summed E-state index contributed by atoms with van der Waals surface area (Å²) in [5.41, 5.74) is 3.16. The maximum Gasteiger partial charge on any atom is 0.253 e. The van der Waals surface area contributed by atoms with Gasteiger partial charge in [0.1, 0.15) is 12.4 Å². The predicted molar refractivity (Wildman–Crippen MR) is 148 cm³/mol. The fraction of sp³-hybridized carbons (Fsp3) is 0.258. The summed E-state index contributed by atoms with van der Waals surface area (Å²) in [5, 5.41) is 0. The van der Waals surface area contributed by atoms with E-state index in [4.69, 9.17) is 14.2 Å². The summed E-state index contributed by atoms with van der Waals surface area (Å²) in [7, 11) is 3.07. The van der Waals surface area contributed by atoms with Gasteiger partial charge in [-0.2, -0.15) is 9.97 Å². The van der Waals surface area contributed by atoms with Gasteiger partial charge in [0.15, 0.2) is 5.82 Å². The fourth-order valence-corrected chi connectivity index (χ4v) is 4.82. The van der Waals surface area contributed by atoms with Crippen LogP contribution < -0.4 is 14.2 Å². The molecule has 5 rings (SSSR count). The average Bonchev–Trinajstić information content (AvgIpc) is 3.01. The van der Waals surface area contributed by atoms with E-state index in [0.29, 0.717) is 42.0 Å². The van der Waals surface area contributed by atoms with Crippen molar-refractivity contribution in [3.8, 4) is 17.5 Å². The zero-order valence-electron chi connectivity index (χ0n) is 22.2. The Morgan fingerprint density at radius 2 is 1.31 bits per heavy atom. The molecule has 0 spiro atoms. The molecule has 1 amide bonds. The topological polar surface area (TPSA) is 77.0 Å². The van der Waals surface area contributed by atoms with Crippen LogP contribution in [0.4, 0.5) is 0 Å². The molecule has 0 N–H and O–H groups in total. The number of amides is 1. The second-order valence-electron chi connectivity index (χ2n) is 9.23. The molecule has 1 aliphatic heterocycles. The smallest absolute Gasteiger partial charge is 0.253 e. The lowest BCUT2D eigenvalue weighted by molar-refractivity contribution is 0.0597. The Kier molecular flexibility index (Phi) is 8.33. The van der Waals surface area contributed by atoms with Crippen molar-refractivity contribution >= 4 is 5.91 Å². The van der Waals surface area contributed by atoms with E-state index in [0.717, 1.165) is 13.1 Å². The Hall–Kier alpha value is -4.43. The lowest BCUT2D eigenvalue weighted by Gasteiger charge is -2.39. The maximum absolute atomic E-state index is 13.3. The van der Waals surface area contributed by atoms with Gasteiger partial charge in [-0.1, -0.05) is 60.7 Å². The first-order chi connectivity index (χ1) is 19.1. The van der Waals surface area contributed by atoms with Crippen molar-refractivity contribution in [2.75, 3.05) is 40.4 Å². The Bertz CT molecular complexity index is 1300. The van der Waals surface area contributed by atoms with E-state index in [2.05, 4.69) is 63.4 Å². The Morgan fingerprint density at radius 1 is 0.769 bits per heavy atom. The number of carbonyl (C=O) groups is 1. The number of piperazine rings is 1. The van der Waals surface area contributed by atoms with Gasteiger partial charge < -0.3 is 19.1 Å². The van der Waals surface area contributed by atoms with Crippen LogP contribution in [0.25, 0.3) is 0 Å². The minimum atomic E-state index is 0.0260. The third kappa shape index (κ3) is 6.35. The summed E-state index contributed by atoms with van der Waals surface area (Å²) < 4.78 is 16.2. The van der Waals surface area contributed by atoms with E-state index in [1.54, 1.807) is 30.3 Å². The molecule has 0 aliphatic carbocycles. The van der Waals surface area contributed by atoms with Gasteiger partial charge in [-0.05, 0) is 35.4 Å². The van der Waals surface area contributed by atoms with Gasteiger partial charge in [0, 0.05) is 31.7 Å². The molecule has 3 aromatic carbocycles. The van der Waals surface area contributed by atoms with Crippen molar-refractivity contribution in [3.05, 3.63) is 114 Å². The largest absolute Gasteiger partial charge is 0.486 e. The molecule has 0 radical (unpaired) electrons. The highest BCUT2D eigenvalue weighted by Gasteiger charge is 2.28. The minimum Gasteiger partial charge on any atom is -0.486 e. The molecule has 2 heterocycles. The highest BCUT2D eigenvalue weighted by atomic mass is 16.5. The van der Waals surface area contributed by atoms with Crippen LogP contribution >= 0.6 is 0 Å². The second kappa shape index (κ2) is 12.4. The summed E-state index contributed by atoms with van der Waals surface area (Å²) in [4.78, 5) is 26.2. The molecule has 1 aromatic heterocycles. The SMILES string of the molecule is COc1cc(OC)nc(COc2ccc(C(=O)N3CCN(C(c4ccccc4)c4ccccc4)CC3)cc2)n1. The molecule has 0 bridgehead atoms. The first-order valence-electron chi connectivity index (χ1n) is 13.0. The van der Waals surface area contributed by atoms with Crippen molar-refractivity contribution in [1.82, 2.24) is 19.8 Å². The van der Waals surface area contributed by atoms with E-state index in [1.807, 2.05) is 17.0 Å². The summed E-state index contributed by atoms with van der Waals surface area (Å²) in [5.74, 6) is 1.89. The number of hydrogen-bond donors (Lipinski definition) is 0. The van der Waals surface area contributed by atoms with Crippen LogP contribution in [0.1, 0.15) is 33.4 Å². The van der Waals surface area contributed by atoms with Gasteiger partial charge in [-0.15, -0.1) is 0 Å². The van der Waals surface area contributed by atoms with Gasteiger partial charge in [-0.25, -0.2) is 0 Å². The van der Waals surface area contributed by atoms with Crippen molar-refractivity contribution in [1.29, 1.82) is 0 Å². The number of benzene rings is 3. The van der Waals surface area contributed by atoms with Crippen molar-refractivity contribution < 1.29 is 19.0 Å². The predicted octanol–water partition coefficient (Wildman–Crippen LogP) is 4.62. The van der Waals surface area contributed by atoms with Crippen LogP contribution in [0.2, 0.25) is 0 Å². The number of aromatic nitrogens is 2. The van der Waals surface area contributed by atoms with E-state index >= 15 is 0 Å². The lowest BCUT2D eigenvalue weighted by atomic mass is 9.96. The highest BCUT2D eigenvalue weighted by molar-refractivity contribution is 5.94. The standard InChI is InChI=1S/C31H32N4O4/c1-37-28-21-29(38-2)33-27(32-28)22-39-26-15-13-25(14-16-26)31(36)35-19-17-34(18-20-35)30(23-9-5-3-6-10-23)24-11-7-4-8-12-24/h3-16,21,30H,17-20,22H2,1-2H3. The van der Waals surface area contributed by atoms with E-state index in [-0.39, 0.29) is 18.6 Å². The number of ether oxygens (including phenoxy) is 3. The van der Waals surface area contributed by atoms with Gasteiger partial charge in [-0.3, -0.25) is 9.69 Å². The lowest BCUT2D eigenvalue weighted by Crippen LogP contribution is -2.49. The monoisotopic (exact) mass is 524 g/mol. The van der Waals surface area contributed by atoms with Crippen LogP contribution in [-0.2, 0) is 6.61 Å². The fourth-order valence-electron chi connectivity index (χ4n) is 4.82. The zero-order chi connectivity index (χ0) is 27.0. The van der Waals surface area contributed by atoms with Crippen LogP contribution in [0.15, 0.2) is 91.0 Å². The van der Waals surface area contributed by atoms with Gasteiger partial charge >= 0.3 is 0 Å². The van der Waals surface area contributed by atoms with Crippen molar-refractivity contribution in [2.45, 2.75) is 12.6 Å². The summed E-state index contributed by atoms with van der Waals surface area (Å²) in [6.07, 6.45) is 0. The Morgan fingerprint density at radius 3 is 1.82 bits per heavy atom. The third-order valence-corrected chi connectivity index (χ3v) is 6.81. The number of nitrogens with zero attached hydrogens (tertiary/aromatic N) is 4. The average molecular weight is 525 g/mol. The van der Waals surface area contributed by atoms with Gasteiger partial charge in [0.05, 0.1) is 26.3 Å². The molecule has 1 aliphatic rings. The highest BCUT2D eigenvalue weighted by Crippen LogP contribution is 2.29. The first-order valence-corrected chi connectivity index (χ1v) is 13.0. The molecule has 1 fully saturated rings. The molecule has 1 saturated heterocycles. The van der Waals surface area contributed by atoms with Crippen LogP contribution in [0.5, 0.6) is 17.5 Å². The summed E-state index contributed by atoms with van der Waals surface area (Å²) >= 11 is 0. The molecular formula is C31H32N4O4. The number of rotatable bonds is 9. The number of methoxy groups -OCH3 is 2. The Labute approximate surface area is 228 Å². The van der Waals surface area contributed by atoms with Crippen molar-refractivity contribution in [2.24, 2.45) is 0 Å². The van der Waals surface area contributed by atoms with E-state index < -0.39 is 0 Å². The maximum atomic E-state index is 13.3. The minimum absolute atomic E-state index is 0.0260. The van der Waals surface area contributed by atoms with Gasteiger partial charge in [0.2, 0.25) is 11.8 Å². The van der Waals surface area contributed by atoms with E-state index in [9.17, 15) is 4.79 Å². The normalized spacial score (nSPS) is 13.8. The molecule has 8 nitrogen and oxygen atoms in total. The second-order valence-corrected chi connectivity index (χ2v) is 9.23. The molecule has 39 heavy (non-hydrogen) atoms. The molecule has 0 saturated carbocycles. The van der Waals surface area contributed by atoms with Gasteiger partial charge in [0.25, 0.3) is 5.91 Å². The molecule has 0 atom stereocenters. The quantitative estimate of drug-likeness (QED) is 0.316. The Balaban J connectivity index is 1.20. The molecule has 4 aromatic rings. The van der Waals surface area contributed by atoms with E-state index in [1.165, 1.54) is 25.3 Å². The molecule has 200 valence electrons. The number of carbonyl (C=O) groups excluding carboxylic acids is 1.